The maximum Gasteiger partial charge on any atom is 0.262 e. The van der Waals surface area contributed by atoms with Crippen molar-refractivity contribution in [2.45, 2.75) is 26.2 Å². The van der Waals surface area contributed by atoms with Gasteiger partial charge in [0.2, 0.25) is 0 Å². The zero-order valence-electron chi connectivity index (χ0n) is 28.8. The van der Waals surface area contributed by atoms with Gasteiger partial charge in [0.05, 0.1) is 60.4 Å². The maximum absolute atomic E-state index is 13.7. The lowest BCUT2D eigenvalue weighted by atomic mass is 10.1. The molecule has 20 heteroatoms. The largest absolute Gasteiger partial charge is 0.716 e. The number of fused-ring (bicyclic) bond motifs is 2. The van der Waals surface area contributed by atoms with Gasteiger partial charge in [-0.15, -0.1) is 10.2 Å². The van der Waals surface area contributed by atoms with E-state index in [4.69, 9.17) is 9.97 Å². The molecule has 0 bridgehead atoms. The molecule has 0 amide bonds. The highest BCUT2D eigenvalue weighted by molar-refractivity contribution is 7.81. The molecule has 282 valence electrons. The SMILES string of the molecule is O=c1c2ccccc2nc(-c2ccc(OO[O-])cc2)n1Cc1cn(CCn2cc(Cn3c(-c4ccc(OS(=O)(=O)[O-])cc4)nc4ccccc4c3=O)nn2)nn1. The lowest BCUT2D eigenvalue weighted by Crippen LogP contribution is -2.24. The van der Waals surface area contributed by atoms with Crippen molar-refractivity contribution in [3.05, 3.63) is 142 Å². The molecule has 8 aromatic rings. The molecule has 8 rings (SSSR count). The van der Waals surface area contributed by atoms with Crippen LogP contribution in [0, 0.1) is 0 Å². The number of hydrogen-bond acceptors (Lipinski definition) is 15. The Bertz CT molecular complexity index is 2940. The van der Waals surface area contributed by atoms with Gasteiger partial charge in [0, 0.05) is 11.1 Å². The molecule has 0 aliphatic carbocycles. The second kappa shape index (κ2) is 14.9. The van der Waals surface area contributed by atoms with Crippen LogP contribution in [0.15, 0.2) is 119 Å². The van der Waals surface area contributed by atoms with Crippen LogP contribution in [0.1, 0.15) is 11.4 Å². The lowest BCUT2D eigenvalue weighted by molar-refractivity contribution is -0.778. The van der Waals surface area contributed by atoms with Crippen molar-refractivity contribution in [3.8, 4) is 34.3 Å². The fourth-order valence-corrected chi connectivity index (χ4v) is 6.46. The first kappa shape index (κ1) is 35.9. The van der Waals surface area contributed by atoms with E-state index in [1.807, 2.05) is 0 Å². The Morgan fingerprint density at radius 3 is 1.50 bits per heavy atom. The highest BCUT2D eigenvalue weighted by Gasteiger charge is 2.17. The summed E-state index contributed by atoms with van der Waals surface area (Å²) in [5, 5.41) is 31.7. The maximum atomic E-state index is 13.7. The molecule has 0 saturated heterocycles. The summed E-state index contributed by atoms with van der Waals surface area (Å²) in [6.45, 7) is 0.742. The predicted octanol–water partition coefficient (Wildman–Crippen LogP) is 1.84. The summed E-state index contributed by atoms with van der Waals surface area (Å²) in [4.78, 5) is 41.4. The number of aryl methyl sites for hydroxylation is 2. The van der Waals surface area contributed by atoms with Gasteiger partial charge in [0.1, 0.15) is 28.8 Å². The summed E-state index contributed by atoms with van der Waals surface area (Å²) < 4.78 is 43.7. The van der Waals surface area contributed by atoms with Crippen molar-refractivity contribution in [3.63, 3.8) is 0 Å². The predicted molar refractivity (Wildman–Crippen MR) is 193 cm³/mol. The zero-order chi connectivity index (χ0) is 38.8. The van der Waals surface area contributed by atoms with Crippen LogP contribution in [-0.2, 0) is 41.6 Å². The van der Waals surface area contributed by atoms with E-state index in [-0.39, 0.29) is 41.5 Å². The molecule has 0 radical (unpaired) electrons. The standard InChI is InChI=1S/C36H28N10O9S/c47-35-29-5-1-3-7-31(29)37-33(23-9-13-27(14-10-23)53-55-49)45(35)21-25-19-43(41-39-25)17-18-44-20-26(40-42-44)22-46-34(38-32-8-4-2-6-30(32)36(46)48)24-11-15-28(16-12-24)54-56(50,51)52/h1-16,19-20,49H,17-18,21-22H2,(H,50,51,52)/p-2. The topological polar surface area (TPSA) is 239 Å². The van der Waals surface area contributed by atoms with E-state index in [0.29, 0.717) is 63.2 Å². The van der Waals surface area contributed by atoms with E-state index in [0.717, 1.165) is 0 Å². The van der Waals surface area contributed by atoms with Crippen LogP contribution in [0.3, 0.4) is 0 Å². The third-order valence-corrected chi connectivity index (χ3v) is 9.04. The van der Waals surface area contributed by atoms with Crippen molar-refractivity contribution in [2.75, 3.05) is 0 Å². The van der Waals surface area contributed by atoms with Crippen LogP contribution in [-0.4, -0.2) is 62.1 Å². The van der Waals surface area contributed by atoms with Crippen LogP contribution < -0.4 is 25.4 Å². The van der Waals surface area contributed by atoms with Crippen molar-refractivity contribution in [1.29, 1.82) is 0 Å². The molecule has 0 aliphatic rings. The van der Waals surface area contributed by atoms with Crippen molar-refractivity contribution in [2.24, 2.45) is 0 Å². The fraction of sp³-hybridized carbons (Fsp3) is 0.111. The van der Waals surface area contributed by atoms with Crippen LogP contribution in [0.25, 0.3) is 44.6 Å². The number of hydrogen-bond donors (Lipinski definition) is 0. The summed E-state index contributed by atoms with van der Waals surface area (Å²) in [5.74, 6) is 0.649. The van der Waals surface area contributed by atoms with Gasteiger partial charge in [-0.3, -0.25) is 28.1 Å². The Hall–Kier alpha value is -7.13. The molecule has 19 nitrogen and oxygen atoms in total. The Kier molecular flexibility index (Phi) is 9.58. The van der Waals surface area contributed by atoms with Gasteiger partial charge in [-0.1, -0.05) is 34.7 Å². The van der Waals surface area contributed by atoms with E-state index in [2.05, 4.69) is 34.7 Å². The molecule has 56 heavy (non-hydrogen) atoms. The first-order chi connectivity index (χ1) is 27.1. The molecular weight excluding hydrogens is 749 g/mol. The molecule has 0 unspecified atom stereocenters. The first-order valence-corrected chi connectivity index (χ1v) is 18.0. The summed E-state index contributed by atoms with van der Waals surface area (Å²) in [5.41, 5.74) is 2.37. The molecule has 0 saturated carbocycles. The Balaban J connectivity index is 1.01. The Morgan fingerprint density at radius 1 is 0.607 bits per heavy atom. The van der Waals surface area contributed by atoms with Gasteiger partial charge in [0.25, 0.3) is 21.5 Å². The monoisotopic (exact) mass is 774 g/mol. The lowest BCUT2D eigenvalue weighted by Gasteiger charge is -2.14. The number of aromatic nitrogens is 10. The summed E-state index contributed by atoms with van der Waals surface area (Å²) in [6.07, 6.45) is 3.40. The van der Waals surface area contributed by atoms with Crippen molar-refractivity contribution < 1.29 is 32.3 Å². The van der Waals surface area contributed by atoms with Gasteiger partial charge in [0.15, 0.2) is 5.75 Å². The summed E-state index contributed by atoms with van der Waals surface area (Å²) >= 11 is 0. The van der Waals surface area contributed by atoms with Crippen molar-refractivity contribution >= 4 is 32.2 Å². The number of nitrogens with zero attached hydrogens (tertiary/aromatic N) is 10. The average molecular weight is 775 g/mol. The number of benzene rings is 4. The van der Waals surface area contributed by atoms with Crippen LogP contribution in [0.4, 0.5) is 0 Å². The highest BCUT2D eigenvalue weighted by Crippen LogP contribution is 2.25. The van der Waals surface area contributed by atoms with Gasteiger partial charge < -0.3 is 18.9 Å². The summed E-state index contributed by atoms with van der Waals surface area (Å²) in [7, 11) is -4.97. The quantitative estimate of drug-likeness (QED) is 0.0703. The van der Waals surface area contributed by atoms with E-state index in [1.54, 1.807) is 82.4 Å². The van der Waals surface area contributed by atoms with E-state index >= 15 is 0 Å². The molecule has 4 aromatic carbocycles. The molecule has 4 aromatic heterocycles. The molecular formula is C36H26N10O9S-2. The summed E-state index contributed by atoms with van der Waals surface area (Å²) in [6, 6.07) is 25.8. The third kappa shape index (κ3) is 7.61. The number of para-hydroxylation sites is 2. The van der Waals surface area contributed by atoms with E-state index in [9.17, 15) is 27.8 Å². The smallest absolute Gasteiger partial charge is 0.262 e. The fourth-order valence-electron chi connectivity index (χ4n) is 6.12. The van der Waals surface area contributed by atoms with Gasteiger partial charge in [-0.05, 0) is 72.8 Å². The Morgan fingerprint density at radius 2 is 1.05 bits per heavy atom. The van der Waals surface area contributed by atoms with E-state index < -0.39 is 10.4 Å². The van der Waals surface area contributed by atoms with E-state index in [1.165, 1.54) is 45.5 Å². The van der Waals surface area contributed by atoms with Crippen molar-refractivity contribution in [1.82, 2.24) is 49.1 Å². The number of rotatable bonds is 13. The average Bonchev–Trinajstić information content (AvgIpc) is 3.85. The molecule has 0 N–H and O–H groups in total. The molecule has 0 fully saturated rings. The van der Waals surface area contributed by atoms with Gasteiger partial charge in [-0.25, -0.2) is 23.4 Å². The molecule has 4 heterocycles. The third-order valence-electron chi connectivity index (χ3n) is 8.65. The Labute approximate surface area is 315 Å². The van der Waals surface area contributed by atoms with Gasteiger partial charge >= 0.3 is 0 Å². The van der Waals surface area contributed by atoms with Gasteiger partial charge in [-0.2, -0.15) is 0 Å². The molecule has 0 atom stereocenters. The minimum absolute atomic E-state index is 0.00567. The van der Waals surface area contributed by atoms with Crippen LogP contribution in [0.2, 0.25) is 0 Å². The zero-order valence-corrected chi connectivity index (χ0v) is 29.6. The minimum atomic E-state index is -4.97. The van der Waals surface area contributed by atoms with Crippen LogP contribution in [0.5, 0.6) is 11.5 Å². The first-order valence-electron chi connectivity index (χ1n) is 16.7. The van der Waals surface area contributed by atoms with Crippen LogP contribution >= 0.6 is 0 Å². The molecule has 0 aliphatic heterocycles. The molecule has 0 spiro atoms. The minimum Gasteiger partial charge on any atom is -0.716 e. The second-order valence-corrected chi connectivity index (χ2v) is 13.3. The highest BCUT2D eigenvalue weighted by atomic mass is 32.3. The normalized spacial score (nSPS) is 11.7. The second-order valence-electron chi connectivity index (χ2n) is 12.3.